The van der Waals surface area contributed by atoms with Crippen LogP contribution in [0.15, 0.2) is 36.4 Å². The van der Waals surface area contributed by atoms with E-state index < -0.39 is 17.9 Å². The molecule has 0 saturated carbocycles. The maximum atomic E-state index is 12.7. The van der Waals surface area contributed by atoms with Crippen LogP contribution in [0, 0.1) is 0 Å². The minimum Gasteiger partial charge on any atom is -0.486 e. The number of hydrogen-bond donors (Lipinski definition) is 2. The van der Waals surface area contributed by atoms with Crippen LogP contribution in [0.1, 0.15) is 22.3 Å². The molecule has 128 valence electrons. The molecular weight excluding hydrogens is 346 g/mol. The maximum Gasteiger partial charge on any atom is 0.261 e. The highest BCUT2D eigenvalue weighted by Gasteiger charge is 2.47. The Morgan fingerprint density at radius 3 is 2.72 bits per heavy atom. The Morgan fingerprint density at radius 1 is 1.16 bits per heavy atom. The Kier molecular flexibility index (Phi) is 3.67. The predicted molar refractivity (Wildman–Crippen MR) is 90.4 cm³/mol. The van der Waals surface area contributed by atoms with Gasteiger partial charge < -0.3 is 19.9 Å². The van der Waals surface area contributed by atoms with Crippen molar-refractivity contribution in [2.45, 2.75) is 12.0 Å². The Labute approximate surface area is 148 Å². The molecule has 2 aromatic rings. The summed E-state index contributed by atoms with van der Waals surface area (Å²) in [6, 6.07) is 9.49. The van der Waals surface area contributed by atoms with Crippen LogP contribution < -0.4 is 14.8 Å². The second-order valence-electron chi connectivity index (χ2n) is 5.96. The predicted octanol–water partition coefficient (Wildman–Crippen LogP) is 2.52. The zero-order valence-corrected chi connectivity index (χ0v) is 13.8. The molecule has 2 N–H and O–H groups in total. The summed E-state index contributed by atoms with van der Waals surface area (Å²) in [7, 11) is 0. The minimum atomic E-state index is -1.95. The van der Waals surface area contributed by atoms with Gasteiger partial charge in [-0.1, -0.05) is 11.6 Å². The molecule has 4 rings (SSSR count). The van der Waals surface area contributed by atoms with Crippen molar-refractivity contribution in [3.05, 3.63) is 52.5 Å². The van der Waals surface area contributed by atoms with Crippen LogP contribution in [0.2, 0.25) is 5.02 Å². The van der Waals surface area contributed by atoms with Gasteiger partial charge >= 0.3 is 0 Å². The fraction of sp³-hybridized carbons (Fsp3) is 0.222. The van der Waals surface area contributed by atoms with Gasteiger partial charge in [0.25, 0.3) is 5.91 Å². The van der Waals surface area contributed by atoms with E-state index in [-0.39, 0.29) is 5.78 Å². The van der Waals surface area contributed by atoms with Gasteiger partial charge in [-0.3, -0.25) is 9.59 Å². The average Bonchev–Trinajstić information content (AvgIpc) is 2.85. The summed E-state index contributed by atoms with van der Waals surface area (Å²) >= 11 is 5.97. The summed E-state index contributed by atoms with van der Waals surface area (Å²) in [6.45, 7) is 0.862. The summed E-state index contributed by atoms with van der Waals surface area (Å²) in [4.78, 5) is 24.9. The highest BCUT2D eigenvalue weighted by molar-refractivity contribution is 6.31. The number of hydrogen-bond acceptors (Lipinski definition) is 5. The number of amides is 1. The Bertz CT molecular complexity index is 897. The molecule has 2 aliphatic heterocycles. The van der Waals surface area contributed by atoms with Gasteiger partial charge in [0.1, 0.15) is 13.2 Å². The van der Waals surface area contributed by atoms with Gasteiger partial charge in [-0.25, -0.2) is 0 Å². The maximum absolute atomic E-state index is 12.7. The lowest BCUT2D eigenvalue weighted by molar-refractivity contribution is -0.133. The molecule has 0 bridgehead atoms. The molecule has 2 aromatic carbocycles. The fourth-order valence-electron chi connectivity index (χ4n) is 3.04. The molecule has 0 fully saturated rings. The first kappa shape index (κ1) is 15.9. The van der Waals surface area contributed by atoms with Crippen molar-refractivity contribution in [3.8, 4) is 11.5 Å². The molecule has 6 nitrogen and oxygen atoms in total. The van der Waals surface area contributed by atoms with E-state index in [0.29, 0.717) is 46.5 Å². The van der Waals surface area contributed by atoms with E-state index >= 15 is 0 Å². The number of halogens is 1. The number of carbonyl (C=O) groups is 2. The zero-order chi connectivity index (χ0) is 17.6. The molecule has 1 atom stereocenters. The van der Waals surface area contributed by atoms with E-state index in [0.717, 1.165) is 0 Å². The van der Waals surface area contributed by atoms with E-state index in [2.05, 4.69) is 5.32 Å². The average molecular weight is 360 g/mol. The number of Topliss-reactive ketones (excluding diaryl/α,β-unsaturated/α-hetero) is 1. The van der Waals surface area contributed by atoms with Gasteiger partial charge in [-0.15, -0.1) is 0 Å². The molecular formula is C18H14ClNO5. The van der Waals surface area contributed by atoms with E-state index in [1.165, 1.54) is 6.07 Å². The first-order valence-corrected chi connectivity index (χ1v) is 8.12. The molecule has 0 aromatic heterocycles. The van der Waals surface area contributed by atoms with Gasteiger partial charge in [0, 0.05) is 21.8 Å². The van der Waals surface area contributed by atoms with E-state index in [9.17, 15) is 14.7 Å². The van der Waals surface area contributed by atoms with E-state index in [1.54, 1.807) is 30.3 Å². The Morgan fingerprint density at radius 2 is 1.92 bits per heavy atom. The number of ether oxygens (including phenoxy) is 2. The first-order chi connectivity index (χ1) is 12.0. The smallest absolute Gasteiger partial charge is 0.261 e. The topological polar surface area (TPSA) is 84.9 Å². The molecule has 0 saturated heterocycles. The van der Waals surface area contributed by atoms with Crippen LogP contribution in [0.25, 0.3) is 0 Å². The number of benzene rings is 2. The number of aliphatic hydroxyl groups is 1. The van der Waals surface area contributed by atoms with Crippen molar-refractivity contribution in [3.63, 3.8) is 0 Å². The van der Waals surface area contributed by atoms with Crippen LogP contribution in [-0.2, 0) is 10.4 Å². The Balaban J connectivity index is 1.65. The third-order valence-corrected chi connectivity index (χ3v) is 4.57. The zero-order valence-electron chi connectivity index (χ0n) is 13.0. The van der Waals surface area contributed by atoms with Gasteiger partial charge in [0.05, 0.1) is 6.42 Å². The van der Waals surface area contributed by atoms with Crippen molar-refractivity contribution in [2.24, 2.45) is 0 Å². The van der Waals surface area contributed by atoms with Crippen molar-refractivity contribution in [1.82, 2.24) is 0 Å². The largest absolute Gasteiger partial charge is 0.486 e. The summed E-state index contributed by atoms with van der Waals surface area (Å²) in [6.07, 6.45) is -0.397. The van der Waals surface area contributed by atoms with Crippen LogP contribution in [0.3, 0.4) is 0 Å². The van der Waals surface area contributed by atoms with Crippen molar-refractivity contribution in [1.29, 1.82) is 0 Å². The summed E-state index contributed by atoms with van der Waals surface area (Å²) in [5.74, 6) is 0.0127. The monoisotopic (exact) mass is 359 g/mol. The number of ketones is 1. The van der Waals surface area contributed by atoms with Crippen LogP contribution in [0.4, 0.5) is 5.69 Å². The van der Waals surface area contributed by atoms with Crippen LogP contribution >= 0.6 is 11.6 Å². The molecule has 1 amide bonds. The molecule has 25 heavy (non-hydrogen) atoms. The van der Waals surface area contributed by atoms with E-state index in [1.807, 2.05) is 0 Å². The third kappa shape index (κ3) is 2.63. The highest BCUT2D eigenvalue weighted by atomic mass is 35.5. The quantitative estimate of drug-likeness (QED) is 0.823. The standard InChI is InChI=1S/C18H14ClNO5/c19-11-2-3-13-12(8-11)18(23,17(22)20-13)9-14(21)10-1-4-15-16(7-10)25-6-5-24-15/h1-4,7-8,23H,5-6,9H2,(H,20,22)/t18-/m0/s1. The lowest BCUT2D eigenvalue weighted by Crippen LogP contribution is -2.36. The summed E-state index contributed by atoms with van der Waals surface area (Å²) < 4.78 is 10.9. The summed E-state index contributed by atoms with van der Waals surface area (Å²) in [5, 5.41) is 13.8. The minimum absolute atomic E-state index is 0.302. The highest BCUT2D eigenvalue weighted by Crippen LogP contribution is 2.41. The number of rotatable bonds is 3. The second-order valence-corrected chi connectivity index (χ2v) is 6.40. The molecule has 7 heteroatoms. The van der Waals surface area contributed by atoms with Gasteiger partial charge in [-0.2, -0.15) is 0 Å². The first-order valence-electron chi connectivity index (χ1n) is 7.74. The van der Waals surface area contributed by atoms with Crippen molar-refractivity contribution in [2.75, 3.05) is 18.5 Å². The molecule has 0 spiro atoms. The number of anilines is 1. The fourth-order valence-corrected chi connectivity index (χ4v) is 3.21. The molecule has 2 aliphatic rings. The summed E-state index contributed by atoms with van der Waals surface area (Å²) in [5.41, 5.74) is -0.867. The van der Waals surface area contributed by atoms with Gasteiger partial charge in [0.15, 0.2) is 22.9 Å². The Hall–Kier alpha value is -2.57. The lowest BCUT2D eigenvalue weighted by atomic mass is 9.88. The second kappa shape index (κ2) is 5.75. The number of carbonyl (C=O) groups excluding carboxylic acids is 2. The molecule has 0 unspecified atom stereocenters. The van der Waals surface area contributed by atoms with Crippen LogP contribution in [-0.4, -0.2) is 30.0 Å². The van der Waals surface area contributed by atoms with Gasteiger partial charge in [0.2, 0.25) is 0 Å². The lowest BCUT2D eigenvalue weighted by Gasteiger charge is -2.21. The van der Waals surface area contributed by atoms with E-state index in [4.69, 9.17) is 21.1 Å². The third-order valence-electron chi connectivity index (χ3n) is 4.33. The van der Waals surface area contributed by atoms with Crippen molar-refractivity contribution < 1.29 is 24.2 Å². The number of nitrogens with one attached hydrogen (secondary N) is 1. The van der Waals surface area contributed by atoms with Crippen LogP contribution in [0.5, 0.6) is 11.5 Å². The number of fused-ring (bicyclic) bond motifs is 2. The SMILES string of the molecule is O=C(C[C@@]1(O)C(=O)Nc2ccc(Cl)cc21)c1ccc2c(c1)OCCO2. The molecule has 0 radical (unpaired) electrons. The normalized spacial score (nSPS) is 20.8. The van der Waals surface area contributed by atoms with Crippen molar-refractivity contribution >= 4 is 29.0 Å². The van der Waals surface area contributed by atoms with Gasteiger partial charge in [-0.05, 0) is 36.4 Å². The molecule has 2 heterocycles. The molecule has 0 aliphatic carbocycles.